The van der Waals surface area contributed by atoms with Crippen LogP contribution < -0.4 is 0 Å². The van der Waals surface area contributed by atoms with E-state index in [1.165, 1.54) is 6.07 Å². The molecule has 0 amide bonds. The highest BCUT2D eigenvalue weighted by Crippen LogP contribution is 2.25. The predicted molar refractivity (Wildman–Crippen MR) is 65.7 cm³/mol. The van der Waals surface area contributed by atoms with Crippen molar-refractivity contribution in [2.75, 3.05) is 5.88 Å². The van der Waals surface area contributed by atoms with Gasteiger partial charge in [0.15, 0.2) is 11.7 Å². The smallest absolute Gasteiger partial charge is 0.194 e. The summed E-state index contributed by atoms with van der Waals surface area (Å²) in [7, 11) is 0. The minimum absolute atomic E-state index is 0.296. The van der Waals surface area contributed by atoms with Crippen molar-refractivity contribution in [2.45, 2.75) is 19.8 Å². The summed E-state index contributed by atoms with van der Waals surface area (Å²) in [5.74, 6) is 1.34. The molecule has 0 N–H and O–H groups in total. The van der Waals surface area contributed by atoms with Crippen LogP contribution in [-0.2, 0) is 6.42 Å². The van der Waals surface area contributed by atoms with E-state index in [2.05, 4.69) is 4.98 Å². The number of aryl methyl sites for hydroxylation is 2. The lowest BCUT2D eigenvalue weighted by Crippen LogP contribution is -1.85. The molecule has 0 fully saturated rings. The van der Waals surface area contributed by atoms with Crippen LogP contribution in [-0.4, -0.2) is 10.9 Å². The number of alkyl halides is 1. The average Bonchev–Trinajstić information content (AvgIpc) is 2.78. The van der Waals surface area contributed by atoms with Gasteiger partial charge < -0.3 is 4.42 Å². The second-order valence-electron chi connectivity index (χ2n) is 3.89. The quantitative estimate of drug-likeness (QED) is 0.771. The lowest BCUT2D eigenvalue weighted by molar-refractivity contribution is 0.499. The van der Waals surface area contributed by atoms with Crippen molar-refractivity contribution < 1.29 is 8.81 Å². The van der Waals surface area contributed by atoms with Gasteiger partial charge >= 0.3 is 0 Å². The third kappa shape index (κ3) is 2.86. The molecule has 0 aliphatic heterocycles. The molecule has 90 valence electrons. The van der Waals surface area contributed by atoms with Gasteiger partial charge in [-0.25, -0.2) is 9.37 Å². The third-order valence-electron chi connectivity index (χ3n) is 2.47. The first-order valence-corrected chi connectivity index (χ1v) is 6.01. The van der Waals surface area contributed by atoms with Gasteiger partial charge in [-0.2, -0.15) is 0 Å². The van der Waals surface area contributed by atoms with E-state index in [0.29, 0.717) is 29.5 Å². The van der Waals surface area contributed by atoms with Gasteiger partial charge in [0.2, 0.25) is 0 Å². The van der Waals surface area contributed by atoms with Crippen molar-refractivity contribution in [1.82, 2.24) is 4.98 Å². The molecule has 0 unspecified atom stereocenters. The number of hydrogen-bond donors (Lipinski definition) is 0. The van der Waals surface area contributed by atoms with Crippen molar-refractivity contribution in [3.63, 3.8) is 0 Å². The molecular weight excluding hydrogens is 241 g/mol. The molecule has 0 aliphatic carbocycles. The van der Waals surface area contributed by atoms with Gasteiger partial charge in [-0.1, -0.05) is 11.6 Å². The summed E-state index contributed by atoms with van der Waals surface area (Å²) in [6, 6.07) is 4.91. The summed E-state index contributed by atoms with van der Waals surface area (Å²) in [6.45, 7) is 1.91. The summed E-state index contributed by atoms with van der Waals surface area (Å²) in [5, 5.41) is 0. The lowest BCUT2D eigenvalue weighted by Gasteiger charge is -2.00. The maximum Gasteiger partial charge on any atom is 0.194 e. The fourth-order valence-corrected chi connectivity index (χ4v) is 1.73. The molecule has 0 bridgehead atoms. The number of aromatic nitrogens is 1. The number of rotatable bonds is 4. The van der Waals surface area contributed by atoms with Crippen LogP contribution >= 0.6 is 11.6 Å². The lowest BCUT2D eigenvalue weighted by atomic mass is 10.1. The Hall–Kier alpha value is -1.35. The maximum absolute atomic E-state index is 13.6. The van der Waals surface area contributed by atoms with Crippen molar-refractivity contribution >= 4 is 11.6 Å². The van der Waals surface area contributed by atoms with Crippen molar-refractivity contribution in [1.29, 1.82) is 0 Å². The van der Waals surface area contributed by atoms with Crippen LogP contribution in [0, 0.1) is 12.7 Å². The Kier molecular flexibility index (Phi) is 3.79. The molecule has 1 heterocycles. The van der Waals surface area contributed by atoms with Gasteiger partial charge in [-0.05, 0) is 25.5 Å². The summed E-state index contributed by atoms with van der Waals surface area (Å²) >= 11 is 5.59. The molecule has 2 aromatic rings. The van der Waals surface area contributed by atoms with E-state index in [4.69, 9.17) is 16.0 Å². The number of oxazole rings is 1. The topological polar surface area (TPSA) is 26.0 Å². The van der Waals surface area contributed by atoms with E-state index in [1.54, 1.807) is 18.3 Å². The molecule has 2 rings (SSSR count). The molecule has 4 heteroatoms. The van der Waals surface area contributed by atoms with E-state index >= 15 is 0 Å². The standard InChI is InChI=1S/C13H13ClFNO/c1-9-4-5-11(15)10(7-9)12-8-16-13(17-12)3-2-6-14/h4-5,7-8H,2-3,6H2,1H3. The number of nitrogens with zero attached hydrogens (tertiary/aromatic N) is 1. The zero-order chi connectivity index (χ0) is 12.3. The zero-order valence-electron chi connectivity index (χ0n) is 9.54. The van der Waals surface area contributed by atoms with E-state index in [-0.39, 0.29) is 5.82 Å². The molecular formula is C13H13ClFNO. The van der Waals surface area contributed by atoms with E-state index in [0.717, 1.165) is 12.0 Å². The van der Waals surface area contributed by atoms with Gasteiger partial charge in [0.1, 0.15) is 5.82 Å². The Labute approximate surface area is 104 Å². The van der Waals surface area contributed by atoms with Crippen LogP contribution in [0.4, 0.5) is 4.39 Å². The minimum atomic E-state index is -0.296. The minimum Gasteiger partial charge on any atom is -0.441 e. The molecule has 0 saturated carbocycles. The first-order valence-electron chi connectivity index (χ1n) is 5.48. The van der Waals surface area contributed by atoms with Crippen LogP contribution in [0.25, 0.3) is 11.3 Å². The molecule has 2 nitrogen and oxygen atoms in total. The van der Waals surface area contributed by atoms with E-state index in [9.17, 15) is 4.39 Å². The SMILES string of the molecule is Cc1ccc(F)c(-c2cnc(CCCCl)o2)c1. The summed E-state index contributed by atoms with van der Waals surface area (Å²) in [5.41, 5.74) is 1.44. The van der Waals surface area contributed by atoms with Crippen LogP contribution in [0.5, 0.6) is 0 Å². The van der Waals surface area contributed by atoms with Crippen molar-refractivity contribution in [3.05, 3.63) is 41.7 Å². The van der Waals surface area contributed by atoms with Gasteiger partial charge in [0.05, 0.1) is 11.8 Å². The average molecular weight is 254 g/mol. The molecule has 0 atom stereocenters. The van der Waals surface area contributed by atoms with Gasteiger partial charge in [-0.15, -0.1) is 11.6 Å². The Morgan fingerprint density at radius 3 is 3.00 bits per heavy atom. The highest BCUT2D eigenvalue weighted by atomic mass is 35.5. The third-order valence-corrected chi connectivity index (χ3v) is 2.73. The number of halogens is 2. The molecule has 0 aliphatic rings. The Balaban J connectivity index is 2.27. The Bertz CT molecular complexity index is 510. The van der Waals surface area contributed by atoms with Crippen LogP contribution in [0.15, 0.2) is 28.8 Å². The Morgan fingerprint density at radius 1 is 1.41 bits per heavy atom. The molecule has 0 radical (unpaired) electrons. The molecule has 1 aromatic heterocycles. The first kappa shape index (κ1) is 12.1. The summed E-state index contributed by atoms with van der Waals surface area (Å²) < 4.78 is 19.1. The molecule has 0 spiro atoms. The highest BCUT2D eigenvalue weighted by molar-refractivity contribution is 6.17. The highest BCUT2D eigenvalue weighted by Gasteiger charge is 2.10. The van der Waals surface area contributed by atoms with Crippen LogP contribution in [0.1, 0.15) is 17.9 Å². The normalized spacial score (nSPS) is 10.8. The summed E-state index contributed by atoms with van der Waals surface area (Å²) in [4.78, 5) is 4.11. The van der Waals surface area contributed by atoms with E-state index < -0.39 is 0 Å². The van der Waals surface area contributed by atoms with Gasteiger partial charge in [0.25, 0.3) is 0 Å². The van der Waals surface area contributed by atoms with E-state index in [1.807, 2.05) is 6.92 Å². The number of hydrogen-bond acceptors (Lipinski definition) is 2. The fourth-order valence-electron chi connectivity index (χ4n) is 1.60. The van der Waals surface area contributed by atoms with Gasteiger partial charge in [-0.3, -0.25) is 0 Å². The Morgan fingerprint density at radius 2 is 2.24 bits per heavy atom. The molecule has 0 saturated heterocycles. The maximum atomic E-state index is 13.6. The van der Waals surface area contributed by atoms with Crippen LogP contribution in [0.2, 0.25) is 0 Å². The second-order valence-corrected chi connectivity index (χ2v) is 4.27. The molecule has 17 heavy (non-hydrogen) atoms. The van der Waals surface area contributed by atoms with Crippen molar-refractivity contribution in [2.24, 2.45) is 0 Å². The summed E-state index contributed by atoms with van der Waals surface area (Å²) in [6.07, 6.45) is 3.04. The fraction of sp³-hybridized carbons (Fsp3) is 0.308. The largest absolute Gasteiger partial charge is 0.441 e. The predicted octanol–water partition coefficient (Wildman–Crippen LogP) is 3.96. The molecule has 1 aromatic carbocycles. The van der Waals surface area contributed by atoms with Crippen molar-refractivity contribution in [3.8, 4) is 11.3 Å². The number of benzene rings is 1. The zero-order valence-corrected chi connectivity index (χ0v) is 10.3. The second kappa shape index (κ2) is 5.32. The monoisotopic (exact) mass is 253 g/mol. The van der Waals surface area contributed by atoms with Crippen LogP contribution in [0.3, 0.4) is 0 Å². The first-order chi connectivity index (χ1) is 8.20. The van der Waals surface area contributed by atoms with Gasteiger partial charge in [0, 0.05) is 12.3 Å².